The first-order chi connectivity index (χ1) is 12.5. The highest BCUT2D eigenvalue weighted by atomic mass is 16.2. The van der Waals surface area contributed by atoms with Crippen LogP contribution in [0.3, 0.4) is 0 Å². The third-order valence-electron chi connectivity index (χ3n) is 4.57. The Morgan fingerprint density at radius 2 is 1.92 bits per heavy atom. The Bertz CT molecular complexity index is 752. The molecule has 26 heavy (non-hydrogen) atoms. The summed E-state index contributed by atoms with van der Waals surface area (Å²) in [6.07, 6.45) is 4.23. The number of aromatic nitrogens is 3. The van der Waals surface area contributed by atoms with Gasteiger partial charge in [-0.2, -0.15) is 5.10 Å². The molecule has 1 aromatic carbocycles. The normalized spacial score (nSPS) is 14.8. The van der Waals surface area contributed by atoms with Gasteiger partial charge in [0.2, 0.25) is 11.8 Å². The topological polar surface area (TPSA) is 71.3 Å². The van der Waals surface area contributed by atoms with Gasteiger partial charge in [0, 0.05) is 32.6 Å². The third kappa shape index (κ3) is 4.68. The lowest BCUT2D eigenvalue weighted by molar-refractivity contribution is -0.145. The summed E-state index contributed by atoms with van der Waals surface area (Å²) in [5.41, 5.74) is 3.55. The highest BCUT2D eigenvalue weighted by Crippen LogP contribution is 2.14. The molecule has 1 aliphatic rings. The minimum absolute atomic E-state index is 0.0139. The molecule has 0 unspecified atom stereocenters. The molecular formula is C19H25N5O2. The Labute approximate surface area is 153 Å². The lowest BCUT2D eigenvalue weighted by atomic mass is 10.1. The number of piperazine rings is 1. The van der Waals surface area contributed by atoms with Crippen LogP contribution in [-0.2, 0) is 22.7 Å². The van der Waals surface area contributed by atoms with Crippen LogP contribution < -0.4 is 0 Å². The average molecular weight is 355 g/mol. The van der Waals surface area contributed by atoms with Gasteiger partial charge in [-0.05, 0) is 25.8 Å². The SMILES string of the molecule is Cc1cc(C)cc(CN2CCN(C(=O)CCCn3cncn3)CC2=O)c1. The molecule has 0 aliphatic carbocycles. The van der Waals surface area contributed by atoms with Crippen molar-refractivity contribution in [1.82, 2.24) is 24.6 Å². The molecule has 0 bridgehead atoms. The predicted octanol–water partition coefficient (Wildman–Crippen LogP) is 1.55. The Hall–Kier alpha value is -2.70. The van der Waals surface area contributed by atoms with Crippen molar-refractivity contribution in [1.29, 1.82) is 0 Å². The zero-order valence-corrected chi connectivity index (χ0v) is 15.4. The zero-order chi connectivity index (χ0) is 18.5. The second kappa shape index (κ2) is 8.12. The fourth-order valence-electron chi connectivity index (χ4n) is 3.37. The lowest BCUT2D eigenvalue weighted by Gasteiger charge is -2.34. The van der Waals surface area contributed by atoms with E-state index in [9.17, 15) is 9.59 Å². The Morgan fingerprint density at radius 1 is 1.15 bits per heavy atom. The average Bonchev–Trinajstić information content (AvgIpc) is 3.09. The van der Waals surface area contributed by atoms with Crippen LogP contribution in [0.15, 0.2) is 30.9 Å². The molecule has 1 aliphatic heterocycles. The number of benzene rings is 1. The number of rotatable bonds is 6. The van der Waals surface area contributed by atoms with E-state index in [2.05, 4.69) is 42.1 Å². The monoisotopic (exact) mass is 355 g/mol. The number of carbonyl (C=O) groups is 2. The molecule has 2 amide bonds. The summed E-state index contributed by atoms with van der Waals surface area (Å²) in [6.45, 7) is 6.75. The minimum atomic E-state index is 0.0139. The van der Waals surface area contributed by atoms with Crippen molar-refractivity contribution >= 4 is 11.8 Å². The molecule has 0 saturated carbocycles. The van der Waals surface area contributed by atoms with Gasteiger partial charge in [-0.3, -0.25) is 14.3 Å². The highest BCUT2D eigenvalue weighted by Gasteiger charge is 2.26. The van der Waals surface area contributed by atoms with E-state index in [0.29, 0.717) is 39.0 Å². The largest absolute Gasteiger partial charge is 0.335 e. The number of carbonyl (C=O) groups excluding carboxylic acids is 2. The standard InChI is InChI=1S/C19H25N5O2/c1-15-8-16(2)10-17(9-15)11-22-6-7-23(12-19(22)26)18(25)4-3-5-24-14-20-13-21-24/h8-10,13-14H,3-7,11-12H2,1-2H3. The van der Waals surface area contributed by atoms with Crippen molar-refractivity contribution in [3.8, 4) is 0 Å². The van der Waals surface area contributed by atoms with E-state index < -0.39 is 0 Å². The van der Waals surface area contributed by atoms with Gasteiger partial charge in [0.1, 0.15) is 12.7 Å². The second-order valence-corrected chi connectivity index (χ2v) is 6.89. The molecule has 1 fully saturated rings. The number of hydrogen-bond donors (Lipinski definition) is 0. The van der Waals surface area contributed by atoms with Gasteiger partial charge in [0.25, 0.3) is 0 Å². The van der Waals surface area contributed by atoms with E-state index in [1.165, 1.54) is 17.5 Å². The molecule has 0 spiro atoms. The molecule has 3 rings (SSSR count). The number of nitrogens with zero attached hydrogens (tertiary/aromatic N) is 5. The summed E-state index contributed by atoms with van der Waals surface area (Å²) in [4.78, 5) is 32.2. The molecule has 7 nitrogen and oxygen atoms in total. The number of aryl methyl sites for hydroxylation is 3. The van der Waals surface area contributed by atoms with Gasteiger partial charge in [0.15, 0.2) is 0 Å². The summed E-state index contributed by atoms with van der Waals surface area (Å²) in [7, 11) is 0. The van der Waals surface area contributed by atoms with E-state index in [-0.39, 0.29) is 18.4 Å². The van der Waals surface area contributed by atoms with E-state index in [4.69, 9.17) is 0 Å². The van der Waals surface area contributed by atoms with Crippen molar-refractivity contribution in [3.05, 3.63) is 47.5 Å². The lowest BCUT2D eigenvalue weighted by Crippen LogP contribution is -2.51. The number of hydrogen-bond acceptors (Lipinski definition) is 4. The maximum absolute atomic E-state index is 12.5. The van der Waals surface area contributed by atoms with Crippen LogP contribution in [0.25, 0.3) is 0 Å². The van der Waals surface area contributed by atoms with E-state index in [1.54, 1.807) is 15.9 Å². The van der Waals surface area contributed by atoms with Gasteiger partial charge in [-0.25, -0.2) is 4.98 Å². The molecule has 2 heterocycles. The van der Waals surface area contributed by atoms with Crippen molar-refractivity contribution in [3.63, 3.8) is 0 Å². The van der Waals surface area contributed by atoms with Crippen molar-refractivity contribution < 1.29 is 9.59 Å². The Morgan fingerprint density at radius 3 is 2.58 bits per heavy atom. The molecule has 0 atom stereocenters. The molecule has 0 radical (unpaired) electrons. The van der Waals surface area contributed by atoms with Crippen LogP contribution in [0.5, 0.6) is 0 Å². The van der Waals surface area contributed by atoms with Crippen LogP contribution >= 0.6 is 0 Å². The molecular weight excluding hydrogens is 330 g/mol. The smallest absolute Gasteiger partial charge is 0.242 e. The third-order valence-corrected chi connectivity index (χ3v) is 4.57. The fourth-order valence-corrected chi connectivity index (χ4v) is 3.37. The van der Waals surface area contributed by atoms with Gasteiger partial charge >= 0.3 is 0 Å². The summed E-state index contributed by atoms with van der Waals surface area (Å²) >= 11 is 0. The summed E-state index contributed by atoms with van der Waals surface area (Å²) in [5, 5.41) is 4.02. The maximum atomic E-state index is 12.5. The molecule has 1 aromatic heterocycles. The van der Waals surface area contributed by atoms with Crippen LogP contribution in [0.4, 0.5) is 0 Å². The van der Waals surface area contributed by atoms with Crippen LogP contribution in [-0.4, -0.2) is 56.0 Å². The van der Waals surface area contributed by atoms with Crippen LogP contribution in [0.1, 0.15) is 29.5 Å². The minimum Gasteiger partial charge on any atom is -0.335 e. The summed E-state index contributed by atoms with van der Waals surface area (Å²) < 4.78 is 1.71. The van der Waals surface area contributed by atoms with Crippen molar-refractivity contribution in [2.75, 3.05) is 19.6 Å². The van der Waals surface area contributed by atoms with Crippen molar-refractivity contribution in [2.45, 2.75) is 39.8 Å². The maximum Gasteiger partial charge on any atom is 0.242 e. The summed E-state index contributed by atoms with van der Waals surface area (Å²) in [5.74, 6) is 0.0459. The van der Waals surface area contributed by atoms with Gasteiger partial charge < -0.3 is 9.80 Å². The van der Waals surface area contributed by atoms with E-state index >= 15 is 0 Å². The Balaban J connectivity index is 1.48. The zero-order valence-electron chi connectivity index (χ0n) is 15.4. The van der Waals surface area contributed by atoms with Gasteiger partial charge in [-0.1, -0.05) is 29.3 Å². The molecule has 7 heteroatoms. The quantitative estimate of drug-likeness (QED) is 0.788. The first-order valence-corrected chi connectivity index (χ1v) is 8.96. The van der Waals surface area contributed by atoms with Gasteiger partial charge in [0.05, 0.1) is 6.54 Å². The van der Waals surface area contributed by atoms with E-state index in [0.717, 1.165) is 5.56 Å². The van der Waals surface area contributed by atoms with E-state index in [1.807, 2.05) is 4.90 Å². The Kier molecular flexibility index (Phi) is 5.65. The highest BCUT2D eigenvalue weighted by molar-refractivity contribution is 5.86. The molecule has 0 N–H and O–H groups in total. The first kappa shape index (κ1) is 18.1. The predicted molar refractivity (Wildman–Crippen MR) is 97.2 cm³/mol. The first-order valence-electron chi connectivity index (χ1n) is 8.96. The molecule has 2 aromatic rings. The summed E-state index contributed by atoms with van der Waals surface area (Å²) in [6, 6.07) is 6.35. The van der Waals surface area contributed by atoms with Gasteiger partial charge in [-0.15, -0.1) is 0 Å². The fraction of sp³-hybridized carbons (Fsp3) is 0.474. The van der Waals surface area contributed by atoms with Crippen LogP contribution in [0.2, 0.25) is 0 Å². The van der Waals surface area contributed by atoms with Crippen molar-refractivity contribution in [2.24, 2.45) is 0 Å². The number of amides is 2. The molecule has 138 valence electrons. The molecule has 1 saturated heterocycles. The second-order valence-electron chi connectivity index (χ2n) is 6.89. The van der Waals surface area contributed by atoms with Crippen LogP contribution in [0, 0.1) is 13.8 Å².